The number of nitrogens with zero attached hydrogens (tertiary/aromatic N) is 2. The standard InChI is InChI=1S/C22H23F3N4O2/c1-28(2)19(15-13-29(3)18-11-7-4-8-14(15)18)12-26-20(30)21(31)27-17-10-6-5-9-16(17)22(23,24)25/h4-11,13,19H,12H2,1-3H3,(H,26,30)(H,27,31). The smallest absolute Gasteiger partial charge is 0.350 e. The highest BCUT2D eigenvalue weighted by Gasteiger charge is 2.34. The lowest BCUT2D eigenvalue weighted by Crippen LogP contribution is -2.40. The van der Waals surface area contributed by atoms with Crippen molar-refractivity contribution in [3.05, 3.63) is 65.9 Å². The molecule has 1 atom stereocenters. The number of hydrogen-bond acceptors (Lipinski definition) is 3. The topological polar surface area (TPSA) is 66.4 Å². The SMILES string of the molecule is CN(C)C(CNC(=O)C(=O)Nc1ccccc1C(F)(F)F)c1cn(C)c2ccccc12. The maximum Gasteiger partial charge on any atom is 0.418 e. The Morgan fingerprint density at radius 3 is 2.35 bits per heavy atom. The first kappa shape index (κ1) is 22.4. The molecule has 2 amide bonds. The van der Waals surface area contributed by atoms with E-state index in [0.29, 0.717) is 0 Å². The Labute approximate surface area is 177 Å². The van der Waals surface area contributed by atoms with Crippen LogP contribution >= 0.6 is 0 Å². The average molecular weight is 432 g/mol. The molecule has 0 aliphatic carbocycles. The second-order valence-corrected chi connectivity index (χ2v) is 7.40. The van der Waals surface area contributed by atoms with Gasteiger partial charge in [0.25, 0.3) is 0 Å². The summed E-state index contributed by atoms with van der Waals surface area (Å²) in [4.78, 5) is 26.4. The summed E-state index contributed by atoms with van der Waals surface area (Å²) >= 11 is 0. The van der Waals surface area contributed by atoms with Crippen molar-refractivity contribution in [2.24, 2.45) is 7.05 Å². The minimum absolute atomic E-state index is 0.105. The average Bonchev–Trinajstić information content (AvgIpc) is 3.04. The minimum Gasteiger partial charge on any atom is -0.350 e. The monoisotopic (exact) mass is 432 g/mol. The molecule has 0 saturated carbocycles. The Morgan fingerprint density at radius 2 is 1.68 bits per heavy atom. The number of rotatable bonds is 5. The second kappa shape index (κ2) is 8.81. The molecule has 0 aliphatic rings. The van der Waals surface area contributed by atoms with Crippen LogP contribution in [0, 0.1) is 0 Å². The number of aromatic nitrogens is 1. The van der Waals surface area contributed by atoms with E-state index in [2.05, 4.69) is 10.6 Å². The molecule has 2 N–H and O–H groups in total. The normalized spacial score (nSPS) is 12.7. The van der Waals surface area contributed by atoms with Crippen LogP contribution in [0.25, 0.3) is 10.9 Å². The highest BCUT2D eigenvalue weighted by molar-refractivity contribution is 6.39. The summed E-state index contributed by atoms with van der Waals surface area (Å²) in [5.74, 6) is -2.17. The van der Waals surface area contributed by atoms with Crippen molar-refractivity contribution in [1.82, 2.24) is 14.8 Å². The Balaban J connectivity index is 1.73. The van der Waals surface area contributed by atoms with Crippen LogP contribution in [0.4, 0.5) is 18.9 Å². The molecular weight excluding hydrogens is 409 g/mol. The number of para-hydroxylation sites is 2. The lowest BCUT2D eigenvalue weighted by molar-refractivity contribution is -0.138. The molecule has 0 aliphatic heterocycles. The van der Waals surface area contributed by atoms with Gasteiger partial charge in [0, 0.05) is 30.7 Å². The Bertz CT molecular complexity index is 1110. The zero-order valence-electron chi connectivity index (χ0n) is 17.3. The highest BCUT2D eigenvalue weighted by atomic mass is 19.4. The first-order valence-corrected chi connectivity index (χ1v) is 9.55. The number of fused-ring (bicyclic) bond motifs is 1. The van der Waals surface area contributed by atoms with Gasteiger partial charge in [-0.1, -0.05) is 30.3 Å². The minimum atomic E-state index is -4.65. The van der Waals surface area contributed by atoms with Crippen molar-refractivity contribution in [3.8, 4) is 0 Å². The quantitative estimate of drug-likeness (QED) is 0.606. The number of nitrogens with one attached hydrogen (secondary N) is 2. The van der Waals surface area contributed by atoms with Gasteiger partial charge in [-0.25, -0.2) is 0 Å². The molecule has 0 bridgehead atoms. The van der Waals surface area contributed by atoms with Crippen molar-refractivity contribution < 1.29 is 22.8 Å². The maximum atomic E-state index is 13.1. The molecule has 1 aromatic heterocycles. The van der Waals surface area contributed by atoms with E-state index in [1.54, 1.807) is 0 Å². The molecule has 3 rings (SSSR count). The number of hydrogen-bond donors (Lipinski definition) is 2. The molecule has 9 heteroatoms. The van der Waals surface area contributed by atoms with Crippen molar-refractivity contribution in [2.45, 2.75) is 12.2 Å². The number of halogens is 3. The van der Waals surface area contributed by atoms with Crippen LogP contribution in [0.3, 0.4) is 0 Å². The Hall–Kier alpha value is -3.33. The zero-order chi connectivity index (χ0) is 22.8. The number of benzene rings is 2. The van der Waals surface area contributed by atoms with Crippen molar-refractivity contribution in [3.63, 3.8) is 0 Å². The number of anilines is 1. The first-order chi connectivity index (χ1) is 14.6. The van der Waals surface area contributed by atoms with Crippen LogP contribution in [0.2, 0.25) is 0 Å². The van der Waals surface area contributed by atoms with Gasteiger partial charge in [0.15, 0.2) is 0 Å². The van der Waals surface area contributed by atoms with Crippen molar-refractivity contribution >= 4 is 28.4 Å². The molecule has 6 nitrogen and oxygen atoms in total. The van der Waals surface area contributed by atoms with E-state index in [0.717, 1.165) is 28.6 Å². The third kappa shape index (κ3) is 4.88. The van der Waals surface area contributed by atoms with Crippen LogP contribution in [0.15, 0.2) is 54.7 Å². The fraction of sp³-hybridized carbons (Fsp3) is 0.273. The highest BCUT2D eigenvalue weighted by Crippen LogP contribution is 2.34. The third-order valence-corrected chi connectivity index (χ3v) is 5.05. The predicted molar refractivity (Wildman–Crippen MR) is 112 cm³/mol. The van der Waals surface area contributed by atoms with Crippen LogP contribution in [0.5, 0.6) is 0 Å². The molecule has 0 spiro atoms. The number of amides is 2. The van der Waals surface area contributed by atoms with E-state index in [4.69, 9.17) is 0 Å². The first-order valence-electron chi connectivity index (χ1n) is 9.55. The van der Waals surface area contributed by atoms with Gasteiger partial charge in [-0.15, -0.1) is 0 Å². The molecule has 0 saturated heterocycles. The fourth-order valence-electron chi connectivity index (χ4n) is 3.50. The summed E-state index contributed by atoms with van der Waals surface area (Å²) in [6.07, 6.45) is -2.69. The van der Waals surface area contributed by atoms with Gasteiger partial charge in [-0.2, -0.15) is 13.2 Å². The van der Waals surface area contributed by atoms with E-state index < -0.39 is 29.2 Å². The van der Waals surface area contributed by atoms with E-state index in [-0.39, 0.29) is 12.6 Å². The second-order valence-electron chi connectivity index (χ2n) is 7.40. The van der Waals surface area contributed by atoms with Gasteiger partial charge < -0.3 is 20.1 Å². The molecule has 1 unspecified atom stereocenters. The molecule has 31 heavy (non-hydrogen) atoms. The number of alkyl halides is 3. The van der Waals surface area contributed by atoms with Crippen molar-refractivity contribution in [1.29, 1.82) is 0 Å². The third-order valence-electron chi connectivity index (χ3n) is 5.05. The zero-order valence-corrected chi connectivity index (χ0v) is 17.3. The Morgan fingerprint density at radius 1 is 1.03 bits per heavy atom. The van der Waals surface area contributed by atoms with Crippen molar-refractivity contribution in [2.75, 3.05) is 26.0 Å². The molecule has 0 fully saturated rings. The summed E-state index contributed by atoms with van der Waals surface area (Å²) < 4.78 is 41.3. The molecular formula is C22H23F3N4O2. The summed E-state index contributed by atoms with van der Waals surface area (Å²) in [6.45, 7) is 0.105. The van der Waals surface area contributed by atoms with E-state index >= 15 is 0 Å². The summed E-state index contributed by atoms with van der Waals surface area (Å²) in [6, 6.07) is 12.1. The van der Waals surface area contributed by atoms with Gasteiger partial charge in [0.2, 0.25) is 0 Å². The lowest BCUT2D eigenvalue weighted by atomic mass is 10.0. The lowest BCUT2D eigenvalue weighted by Gasteiger charge is -2.24. The molecule has 3 aromatic rings. The van der Waals surface area contributed by atoms with Gasteiger partial charge >= 0.3 is 18.0 Å². The van der Waals surface area contributed by atoms with E-state index in [1.165, 1.54) is 12.1 Å². The Kier molecular flexibility index (Phi) is 6.35. The largest absolute Gasteiger partial charge is 0.418 e. The van der Waals surface area contributed by atoms with Crippen LogP contribution < -0.4 is 10.6 Å². The summed E-state index contributed by atoms with van der Waals surface area (Å²) in [5.41, 5.74) is 0.509. The van der Waals surface area contributed by atoms with Crippen LogP contribution in [-0.4, -0.2) is 41.9 Å². The maximum absolute atomic E-state index is 13.1. The molecule has 164 valence electrons. The molecule has 1 heterocycles. The number of carbonyl (C=O) groups is 2. The molecule has 0 radical (unpaired) electrons. The van der Waals surface area contributed by atoms with Crippen LogP contribution in [-0.2, 0) is 22.8 Å². The van der Waals surface area contributed by atoms with Crippen LogP contribution in [0.1, 0.15) is 17.2 Å². The number of likely N-dealkylation sites (N-methyl/N-ethyl adjacent to an activating group) is 1. The van der Waals surface area contributed by atoms with E-state index in [1.807, 2.05) is 61.1 Å². The summed E-state index contributed by atoms with van der Waals surface area (Å²) in [7, 11) is 5.61. The number of aryl methyl sites for hydroxylation is 1. The van der Waals surface area contributed by atoms with E-state index in [9.17, 15) is 22.8 Å². The van der Waals surface area contributed by atoms with Gasteiger partial charge in [-0.05, 0) is 37.9 Å². The van der Waals surface area contributed by atoms with Gasteiger partial charge in [0.05, 0.1) is 17.3 Å². The molecule has 2 aromatic carbocycles. The summed E-state index contributed by atoms with van der Waals surface area (Å²) in [5, 5.41) is 5.60. The number of carbonyl (C=O) groups excluding carboxylic acids is 2. The van der Waals surface area contributed by atoms with Gasteiger partial charge in [0.1, 0.15) is 0 Å². The van der Waals surface area contributed by atoms with Gasteiger partial charge in [-0.3, -0.25) is 9.59 Å². The predicted octanol–water partition coefficient (Wildman–Crippen LogP) is 3.55. The fourth-order valence-corrected chi connectivity index (χ4v) is 3.50.